The van der Waals surface area contributed by atoms with E-state index in [9.17, 15) is 9.18 Å². The van der Waals surface area contributed by atoms with E-state index in [2.05, 4.69) is 15.3 Å². The molecule has 2 aromatic rings. The highest BCUT2D eigenvalue weighted by molar-refractivity contribution is 6.31. The van der Waals surface area contributed by atoms with Crippen molar-refractivity contribution in [3.05, 3.63) is 47.0 Å². The molecule has 2 heterocycles. The molecule has 5 nitrogen and oxygen atoms in total. The predicted molar refractivity (Wildman–Crippen MR) is 86.5 cm³/mol. The van der Waals surface area contributed by atoms with Crippen LogP contribution in [0.25, 0.3) is 0 Å². The third kappa shape index (κ3) is 3.76. The number of amides is 1. The fourth-order valence-electron chi connectivity index (χ4n) is 2.50. The van der Waals surface area contributed by atoms with Gasteiger partial charge in [0.1, 0.15) is 11.5 Å². The highest BCUT2D eigenvalue weighted by Gasteiger charge is 2.19. The molecule has 120 valence electrons. The van der Waals surface area contributed by atoms with Crippen LogP contribution in [-0.4, -0.2) is 33.9 Å². The molecule has 0 radical (unpaired) electrons. The number of benzene rings is 1. The number of anilines is 2. The summed E-state index contributed by atoms with van der Waals surface area (Å²) in [5.74, 6) is -0.310. The fourth-order valence-corrected chi connectivity index (χ4v) is 2.68. The van der Waals surface area contributed by atoms with Gasteiger partial charge in [0, 0.05) is 25.0 Å². The number of carbonyl (C=O) groups excluding carboxylic acids is 1. The standard InChI is InChI=1S/C16H16ClFN4O/c17-12-10-11(4-5-13(12)18)20-16-19-7-6-14(21-16)15(23)22-8-2-1-3-9-22/h4-7,10H,1-3,8-9H2,(H,19,20,21). The summed E-state index contributed by atoms with van der Waals surface area (Å²) in [6, 6.07) is 5.83. The molecule has 1 aromatic heterocycles. The first kappa shape index (κ1) is 15.7. The molecule has 0 bridgehead atoms. The van der Waals surface area contributed by atoms with Gasteiger partial charge in [-0.25, -0.2) is 14.4 Å². The van der Waals surface area contributed by atoms with Crippen molar-refractivity contribution in [1.82, 2.24) is 14.9 Å². The van der Waals surface area contributed by atoms with Crippen molar-refractivity contribution in [1.29, 1.82) is 0 Å². The molecule has 0 unspecified atom stereocenters. The largest absolute Gasteiger partial charge is 0.337 e. The third-order valence-electron chi connectivity index (χ3n) is 3.69. The van der Waals surface area contributed by atoms with Crippen LogP contribution in [0.1, 0.15) is 29.8 Å². The molecule has 1 fully saturated rings. The van der Waals surface area contributed by atoms with Crippen molar-refractivity contribution in [3.63, 3.8) is 0 Å². The van der Waals surface area contributed by atoms with Gasteiger partial charge in [0.25, 0.3) is 5.91 Å². The topological polar surface area (TPSA) is 58.1 Å². The van der Waals surface area contributed by atoms with Gasteiger partial charge >= 0.3 is 0 Å². The van der Waals surface area contributed by atoms with Gasteiger partial charge in [0.05, 0.1) is 5.02 Å². The molecule has 1 aliphatic heterocycles. The summed E-state index contributed by atoms with van der Waals surface area (Å²) in [4.78, 5) is 22.6. The number of aromatic nitrogens is 2. The van der Waals surface area contributed by atoms with E-state index in [1.54, 1.807) is 6.07 Å². The first-order chi connectivity index (χ1) is 11.1. The molecule has 0 atom stereocenters. The summed E-state index contributed by atoms with van der Waals surface area (Å²) in [6.07, 6.45) is 4.73. The van der Waals surface area contributed by atoms with Crippen molar-refractivity contribution in [3.8, 4) is 0 Å². The van der Waals surface area contributed by atoms with Gasteiger partial charge < -0.3 is 10.2 Å². The lowest BCUT2D eigenvalue weighted by Gasteiger charge is -2.26. The summed E-state index contributed by atoms with van der Waals surface area (Å²) >= 11 is 5.75. The van der Waals surface area contributed by atoms with Crippen LogP contribution >= 0.6 is 11.6 Å². The second-order valence-corrected chi connectivity index (χ2v) is 5.78. The number of likely N-dealkylation sites (tertiary alicyclic amines) is 1. The van der Waals surface area contributed by atoms with E-state index in [-0.39, 0.29) is 16.9 Å². The van der Waals surface area contributed by atoms with E-state index < -0.39 is 5.82 Å². The van der Waals surface area contributed by atoms with Crippen LogP contribution in [0.3, 0.4) is 0 Å². The van der Waals surface area contributed by atoms with Gasteiger partial charge in [-0.2, -0.15) is 0 Å². The van der Waals surface area contributed by atoms with Gasteiger partial charge in [0.15, 0.2) is 0 Å². The Morgan fingerprint density at radius 1 is 1.22 bits per heavy atom. The highest BCUT2D eigenvalue weighted by Crippen LogP contribution is 2.21. The Kier molecular flexibility index (Phi) is 4.71. The van der Waals surface area contributed by atoms with E-state index in [0.717, 1.165) is 32.4 Å². The van der Waals surface area contributed by atoms with E-state index in [1.807, 2.05) is 4.90 Å². The lowest BCUT2D eigenvalue weighted by atomic mass is 10.1. The molecule has 1 N–H and O–H groups in total. The number of piperidine rings is 1. The lowest BCUT2D eigenvalue weighted by Crippen LogP contribution is -2.36. The molecule has 23 heavy (non-hydrogen) atoms. The van der Waals surface area contributed by atoms with Gasteiger partial charge in [0.2, 0.25) is 5.95 Å². The van der Waals surface area contributed by atoms with Crippen LogP contribution in [-0.2, 0) is 0 Å². The Morgan fingerprint density at radius 2 is 2.00 bits per heavy atom. The van der Waals surface area contributed by atoms with Crippen LogP contribution in [0.5, 0.6) is 0 Å². The number of halogens is 2. The van der Waals surface area contributed by atoms with Gasteiger partial charge in [-0.05, 0) is 43.5 Å². The zero-order valence-electron chi connectivity index (χ0n) is 12.4. The summed E-state index contributed by atoms with van der Waals surface area (Å²) < 4.78 is 13.2. The van der Waals surface area contributed by atoms with E-state index in [4.69, 9.17) is 11.6 Å². The lowest BCUT2D eigenvalue weighted by molar-refractivity contribution is 0.0718. The van der Waals surface area contributed by atoms with Crippen LogP contribution in [0.15, 0.2) is 30.5 Å². The van der Waals surface area contributed by atoms with Gasteiger partial charge in [-0.1, -0.05) is 11.6 Å². The Hall–Kier alpha value is -2.21. The number of rotatable bonds is 3. The first-order valence-electron chi connectivity index (χ1n) is 7.48. The quantitative estimate of drug-likeness (QED) is 0.931. The number of hydrogen-bond acceptors (Lipinski definition) is 4. The molecular formula is C16H16ClFN4O. The molecule has 0 saturated carbocycles. The zero-order valence-corrected chi connectivity index (χ0v) is 13.2. The first-order valence-corrected chi connectivity index (χ1v) is 7.86. The fraction of sp³-hybridized carbons (Fsp3) is 0.312. The number of hydrogen-bond donors (Lipinski definition) is 1. The van der Waals surface area contributed by atoms with E-state index >= 15 is 0 Å². The summed E-state index contributed by atoms with van der Waals surface area (Å²) in [6.45, 7) is 1.53. The number of nitrogens with one attached hydrogen (secondary N) is 1. The Balaban J connectivity index is 1.76. The highest BCUT2D eigenvalue weighted by atomic mass is 35.5. The molecule has 1 amide bonds. The second kappa shape index (κ2) is 6.91. The van der Waals surface area contributed by atoms with Crippen molar-refractivity contribution >= 4 is 29.1 Å². The average Bonchev–Trinajstić information content (AvgIpc) is 2.58. The third-order valence-corrected chi connectivity index (χ3v) is 3.98. The zero-order chi connectivity index (χ0) is 16.2. The SMILES string of the molecule is O=C(c1ccnc(Nc2ccc(F)c(Cl)c2)n1)N1CCCCC1. The van der Waals surface area contributed by atoms with Crippen molar-refractivity contribution in [2.75, 3.05) is 18.4 Å². The maximum absolute atomic E-state index is 13.2. The van der Waals surface area contributed by atoms with E-state index in [0.29, 0.717) is 11.4 Å². The molecule has 7 heteroatoms. The monoisotopic (exact) mass is 334 g/mol. The molecule has 1 saturated heterocycles. The number of nitrogens with zero attached hydrogens (tertiary/aromatic N) is 3. The molecular weight excluding hydrogens is 319 g/mol. The smallest absolute Gasteiger partial charge is 0.272 e. The molecule has 1 aliphatic rings. The van der Waals surface area contributed by atoms with Gasteiger partial charge in [-0.3, -0.25) is 4.79 Å². The van der Waals surface area contributed by atoms with Gasteiger partial charge in [-0.15, -0.1) is 0 Å². The second-order valence-electron chi connectivity index (χ2n) is 5.37. The Labute approximate surface area is 138 Å². The van der Waals surface area contributed by atoms with Crippen LogP contribution in [0.4, 0.5) is 16.0 Å². The predicted octanol–water partition coefficient (Wildman–Crippen LogP) is 3.64. The minimum Gasteiger partial charge on any atom is -0.337 e. The summed E-state index contributed by atoms with van der Waals surface area (Å²) in [7, 11) is 0. The van der Waals surface area contributed by atoms with E-state index in [1.165, 1.54) is 24.4 Å². The Bertz CT molecular complexity index is 719. The number of carbonyl (C=O) groups is 1. The van der Waals surface area contributed by atoms with Crippen LogP contribution in [0.2, 0.25) is 5.02 Å². The minimum atomic E-state index is -0.493. The molecule has 3 rings (SSSR count). The Morgan fingerprint density at radius 3 is 2.74 bits per heavy atom. The minimum absolute atomic E-state index is 0.00977. The maximum Gasteiger partial charge on any atom is 0.272 e. The molecule has 1 aromatic carbocycles. The molecule has 0 aliphatic carbocycles. The summed E-state index contributed by atoms with van der Waals surface area (Å²) in [5, 5.41) is 2.94. The van der Waals surface area contributed by atoms with Crippen molar-refractivity contribution < 1.29 is 9.18 Å². The average molecular weight is 335 g/mol. The van der Waals surface area contributed by atoms with Crippen molar-refractivity contribution in [2.24, 2.45) is 0 Å². The normalized spacial score (nSPS) is 14.6. The maximum atomic E-state index is 13.2. The van der Waals surface area contributed by atoms with Crippen LogP contribution in [0, 0.1) is 5.82 Å². The molecule has 0 spiro atoms. The van der Waals surface area contributed by atoms with Crippen LogP contribution < -0.4 is 5.32 Å². The van der Waals surface area contributed by atoms with Crippen molar-refractivity contribution in [2.45, 2.75) is 19.3 Å². The summed E-state index contributed by atoms with van der Waals surface area (Å²) in [5.41, 5.74) is 0.900.